The van der Waals surface area contributed by atoms with E-state index in [2.05, 4.69) is 23.7 Å². The van der Waals surface area contributed by atoms with Gasteiger partial charge in [0.2, 0.25) is 0 Å². The van der Waals surface area contributed by atoms with Crippen LogP contribution in [0.25, 0.3) is 0 Å². The molecule has 0 amide bonds. The van der Waals surface area contributed by atoms with Crippen molar-refractivity contribution in [3.05, 3.63) is 22.3 Å². The van der Waals surface area contributed by atoms with Gasteiger partial charge in [0.25, 0.3) is 0 Å². The molecule has 0 atom stereocenters. The van der Waals surface area contributed by atoms with E-state index in [9.17, 15) is 0 Å². The summed E-state index contributed by atoms with van der Waals surface area (Å²) < 4.78 is 0. The minimum Gasteiger partial charge on any atom is -0.103 e. The highest BCUT2D eigenvalue weighted by Gasteiger charge is 2.27. The normalized spacial score (nSPS) is 23.2. The van der Waals surface area contributed by atoms with Crippen molar-refractivity contribution in [1.29, 1.82) is 0 Å². The number of allylic oxidation sites excluding steroid dienone is 4. The minimum atomic E-state index is 1.09. The smallest absolute Gasteiger partial charge is 0.00918 e. The van der Waals surface area contributed by atoms with Gasteiger partial charge in [-0.2, -0.15) is 0 Å². The van der Waals surface area contributed by atoms with Crippen LogP contribution < -0.4 is 0 Å². The molecule has 0 fully saturated rings. The SMILES string of the molecule is C1#CCCCC2=C(CCC1)C1=C2CCCC#CCCC1. The van der Waals surface area contributed by atoms with E-state index in [0.29, 0.717) is 0 Å². The second-order valence-electron chi connectivity index (χ2n) is 6.04. The van der Waals surface area contributed by atoms with Crippen molar-refractivity contribution in [1.82, 2.24) is 0 Å². The molecule has 0 spiro atoms. The summed E-state index contributed by atoms with van der Waals surface area (Å²) in [5, 5.41) is 0. The number of fused-ring (bicyclic) bond motifs is 2. The van der Waals surface area contributed by atoms with E-state index in [1.54, 1.807) is 22.3 Å². The van der Waals surface area contributed by atoms with Crippen LogP contribution in [0.2, 0.25) is 0 Å². The van der Waals surface area contributed by atoms with Crippen molar-refractivity contribution >= 4 is 0 Å². The fourth-order valence-corrected chi connectivity index (χ4v) is 3.64. The molecular weight excluding hydrogens is 240 g/mol. The summed E-state index contributed by atoms with van der Waals surface area (Å²) in [5.41, 5.74) is 6.93. The number of hydrogen-bond acceptors (Lipinski definition) is 0. The van der Waals surface area contributed by atoms with Crippen LogP contribution in [-0.2, 0) is 0 Å². The lowest BCUT2D eigenvalue weighted by atomic mass is 9.72. The molecule has 3 rings (SSSR count). The van der Waals surface area contributed by atoms with E-state index in [1.165, 1.54) is 51.4 Å². The first-order chi connectivity index (χ1) is 9.97. The van der Waals surface area contributed by atoms with Crippen LogP contribution in [0.15, 0.2) is 22.3 Å². The molecule has 20 heavy (non-hydrogen) atoms. The Labute approximate surface area is 123 Å². The molecule has 0 N–H and O–H groups in total. The number of rotatable bonds is 0. The van der Waals surface area contributed by atoms with Gasteiger partial charge in [-0.15, -0.1) is 23.7 Å². The zero-order valence-corrected chi connectivity index (χ0v) is 12.5. The third kappa shape index (κ3) is 3.02. The van der Waals surface area contributed by atoms with Gasteiger partial charge in [0.1, 0.15) is 0 Å². The molecule has 3 aliphatic carbocycles. The van der Waals surface area contributed by atoms with Crippen LogP contribution in [0.3, 0.4) is 0 Å². The molecule has 0 aromatic carbocycles. The van der Waals surface area contributed by atoms with Crippen LogP contribution in [0.5, 0.6) is 0 Å². The molecule has 104 valence electrons. The largest absolute Gasteiger partial charge is 0.103 e. The average Bonchev–Trinajstić information content (AvgIpc) is 2.47. The molecule has 0 radical (unpaired) electrons. The van der Waals surface area contributed by atoms with Gasteiger partial charge in [-0.25, -0.2) is 0 Å². The molecule has 0 saturated carbocycles. The van der Waals surface area contributed by atoms with E-state index in [1.807, 2.05) is 0 Å². The second-order valence-corrected chi connectivity index (χ2v) is 6.04. The summed E-state index contributed by atoms with van der Waals surface area (Å²) in [5.74, 6) is 13.3. The third-order valence-electron chi connectivity index (χ3n) is 4.62. The van der Waals surface area contributed by atoms with Crippen molar-refractivity contribution in [2.45, 2.75) is 77.0 Å². The second kappa shape index (κ2) is 6.85. The molecule has 0 aromatic heterocycles. The zero-order chi connectivity index (χ0) is 13.6. The lowest BCUT2D eigenvalue weighted by molar-refractivity contribution is 0.698. The predicted octanol–water partition coefficient (Wildman–Crippen LogP) is 5.31. The van der Waals surface area contributed by atoms with E-state index in [0.717, 1.165) is 25.7 Å². The molecule has 0 unspecified atom stereocenters. The quantitative estimate of drug-likeness (QED) is 0.520. The molecule has 0 aromatic rings. The summed E-state index contributed by atoms with van der Waals surface area (Å²) >= 11 is 0. The average molecular weight is 264 g/mol. The van der Waals surface area contributed by atoms with Crippen LogP contribution in [0.1, 0.15) is 77.0 Å². The Balaban J connectivity index is 1.73. The Kier molecular flexibility index (Phi) is 4.65. The van der Waals surface area contributed by atoms with Crippen LogP contribution in [0, 0.1) is 23.7 Å². The number of hydrogen-bond donors (Lipinski definition) is 0. The first-order valence-electron chi connectivity index (χ1n) is 8.33. The Morgan fingerprint density at radius 2 is 0.650 bits per heavy atom. The Bertz CT molecular complexity index is 441. The van der Waals surface area contributed by atoms with Gasteiger partial charge in [-0.3, -0.25) is 0 Å². The topological polar surface area (TPSA) is 0 Å². The molecule has 0 saturated heterocycles. The highest BCUT2D eigenvalue weighted by atomic mass is 14.3. The van der Waals surface area contributed by atoms with Crippen LogP contribution in [-0.4, -0.2) is 0 Å². The first kappa shape index (κ1) is 13.6. The Morgan fingerprint density at radius 3 is 0.900 bits per heavy atom. The van der Waals surface area contributed by atoms with Crippen molar-refractivity contribution in [3.8, 4) is 23.7 Å². The summed E-state index contributed by atoms with van der Waals surface area (Å²) in [6.07, 6.45) is 14.5. The zero-order valence-electron chi connectivity index (χ0n) is 12.5. The molecule has 0 bridgehead atoms. The van der Waals surface area contributed by atoms with Gasteiger partial charge in [0.15, 0.2) is 0 Å². The molecule has 0 heteroatoms. The van der Waals surface area contributed by atoms with Gasteiger partial charge >= 0.3 is 0 Å². The monoisotopic (exact) mass is 264 g/mol. The van der Waals surface area contributed by atoms with Gasteiger partial charge in [-0.1, -0.05) is 0 Å². The fourth-order valence-electron chi connectivity index (χ4n) is 3.64. The lowest BCUT2D eigenvalue weighted by Crippen LogP contribution is -2.14. The predicted molar refractivity (Wildman–Crippen MR) is 85.0 cm³/mol. The van der Waals surface area contributed by atoms with E-state index in [4.69, 9.17) is 0 Å². The van der Waals surface area contributed by atoms with Crippen molar-refractivity contribution < 1.29 is 0 Å². The molecule has 3 aliphatic rings. The van der Waals surface area contributed by atoms with Crippen molar-refractivity contribution in [3.63, 3.8) is 0 Å². The standard InChI is InChI=1S/C20H24/c1-2-6-10-14-18-17(13-9-5-1)19-15-11-7-3-4-8-12-16-20(18)19/h5-16H2. The highest BCUT2D eigenvalue weighted by Crippen LogP contribution is 2.45. The molecule has 0 nitrogen and oxygen atoms in total. The lowest BCUT2D eigenvalue weighted by Gasteiger charge is -2.33. The maximum Gasteiger partial charge on any atom is 0.00918 e. The first-order valence-corrected chi connectivity index (χ1v) is 8.33. The Hall–Kier alpha value is -1.40. The maximum atomic E-state index is 3.32. The van der Waals surface area contributed by atoms with Crippen molar-refractivity contribution in [2.24, 2.45) is 0 Å². The van der Waals surface area contributed by atoms with E-state index in [-0.39, 0.29) is 0 Å². The van der Waals surface area contributed by atoms with Crippen LogP contribution in [0.4, 0.5) is 0 Å². The van der Waals surface area contributed by atoms with Gasteiger partial charge in [0, 0.05) is 25.7 Å². The highest BCUT2D eigenvalue weighted by molar-refractivity contribution is 5.60. The van der Waals surface area contributed by atoms with E-state index < -0.39 is 0 Å². The van der Waals surface area contributed by atoms with E-state index >= 15 is 0 Å². The molecule has 0 aliphatic heterocycles. The summed E-state index contributed by atoms with van der Waals surface area (Å²) in [6, 6.07) is 0. The Morgan fingerprint density at radius 1 is 0.400 bits per heavy atom. The summed E-state index contributed by atoms with van der Waals surface area (Å²) in [6.45, 7) is 0. The summed E-state index contributed by atoms with van der Waals surface area (Å²) in [7, 11) is 0. The van der Waals surface area contributed by atoms with Gasteiger partial charge in [-0.05, 0) is 73.7 Å². The minimum absolute atomic E-state index is 1.09. The summed E-state index contributed by atoms with van der Waals surface area (Å²) in [4.78, 5) is 0. The maximum absolute atomic E-state index is 3.32. The van der Waals surface area contributed by atoms with Crippen molar-refractivity contribution in [2.75, 3.05) is 0 Å². The van der Waals surface area contributed by atoms with Crippen LogP contribution >= 0.6 is 0 Å². The fraction of sp³-hybridized carbons (Fsp3) is 0.600. The third-order valence-corrected chi connectivity index (χ3v) is 4.62. The molecular formula is C20H24. The van der Waals surface area contributed by atoms with Gasteiger partial charge < -0.3 is 0 Å². The van der Waals surface area contributed by atoms with Gasteiger partial charge in [0.05, 0.1) is 0 Å². The molecule has 0 heterocycles.